The summed E-state index contributed by atoms with van der Waals surface area (Å²) in [5, 5.41) is 0. The molecule has 7 heteroatoms. The Balaban J connectivity index is 1.95. The normalized spacial score (nSPS) is 24.0. The van der Waals surface area contributed by atoms with Gasteiger partial charge in [0, 0.05) is 20.1 Å². The van der Waals surface area contributed by atoms with E-state index in [4.69, 9.17) is 0 Å². The molecule has 0 unspecified atom stereocenters. The zero-order valence-electron chi connectivity index (χ0n) is 12.5. The molecule has 0 spiro atoms. The predicted octanol–water partition coefficient (Wildman–Crippen LogP) is 1.43. The lowest BCUT2D eigenvalue weighted by atomic mass is 10.1. The molecule has 1 amide bonds. The second kappa shape index (κ2) is 5.53. The summed E-state index contributed by atoms with van der Waals surface area (Å²) in [6.07, 6.45) is 1.12. The van der Waals surface area contributed by atoms with Crippen LogP contribution in [0.4, 0.5) is 15.8 Å². The van der Waals surface area contributed by atoms with Gasteiger partial charge in [0.2, 0.25) is 5.91 Å². The molecule has 22 heavy (non-hydrogen) atoms. The minimum absolute atomic E-state index is 0.0627. The minimum atomic E-state index is -3.12. The van der Waals surface area contributed by atoms with Gasteiger partial charge < -0.3 is 9.80 Å². The van der Waals surface area contributed by atoms with Gasteiger partial charge in [0.1, 0.15) is 5.82 Å². The predicted molar refractivity (Wildman–Crippen MR) is 83.4 cm³/mol. The van der Waals surface area contributed by atoms with E-state index in [1.54, 1.807) is 11.0 Å². The lowest BCUT2D eigenvalue weighted by Gasteiger charge is -2.26. The quantitative estimate of drug-likeness (QED) is 0.783. The standard InChI is InChI=1S/C15H19FN2O3S/c1-17-6-2-7-18(14-9-12(16)3-4-13(14)17)15(19)11-5-8-22(20,21)10-11/h3-4,9,11H,2,5-8,10H2,1H3/t11-/m0/s1. The van der Waals surface area contributed by atoms with Crippen LogP contribution in [0.15, 0.2) is 18.2 Å². The van der Waals surface area contributed by atoms with E-state index in [2.05, 4.69) is 0 Å². The molecule has 0 aromatic heterocycles. The van der Waals surface area contributed by atoms with Gasteiger partial charge in [0.15, 0.2) is 9.84 Å². The highest BCUT2D eigenvalue weighted by atomic mass is 32.2. The molecule has 0 saturated carbocycles. The number of fused-ring (bicyclic) bond motifs is 1. The number of hydrogen-bond acceptors (Lipinski definition) is 4. The Morgan fingerprint density at radius 3 is 2.73 bits per heavy atom. The first kappa shape index (κ1) is 15.3. The highest BCUT2D eigenvalue weighted by Crippen LogP contribution is 2.34. The van der Waals surface area contributed by atoms with E-state index >= 15 is 0 Å². The van der Waals surface area contributed by atoms with Gasteiger partial charge >= 0.3 is 0 Å². The number of sulfone groups is 1. The summed E-state index contributed by atoms with van der Waals surface area (Å²) in [6, 6.07) is 4.41. The molecule has 0 N–H and O–H groups in total. The molecule has 1 aromatic carbocycles. The van der Waals surface area contributed by atoms with Gasteiger partial charge in [-0.2, -0.15) is 0 Å². The van der Waals surface area contributed by atoms with Crippen LogP contribution in [0.1, 0.15) is 12.8 Å². The molecule has 0 radical (unpaired) electrons. The van der Waals surface area contributed by atoms with Crippen LogP contribution in [-0.2, 0) is 14.6 Å². The average Bonchev–Trinajstić information content (AvgIpc) is 2.74. The first-order valence-corrected chi connectivity index (χ1v) is 9.22. The number of nitrogens with zero attached hydrogens (tertiary/aromatic N) is 2. The first-order valence-electron chi connectivity index (χ1n) is 7.40. The summed E-state index contributed by atoms with van der Waals surface area (Å²) in [6.45, 7) is 1.25. The van der Waals surface area contributed by atoms with Gasteiger partial charge in [-0.1, -0.05) is 0 Å². The second-order valence-electron chi connectivity index (χ2n) is 6.00. The fraction of sp³-hybridized carbons (Fsp3) is 0.533. The molecule has 1 saturated heterocycles. The Hall–Kier alpha value is -1.63. The Morgan fingerprint density at radius 1 is 1.27 bits per heavy atom. The van der Waals surface area contributed by atoms with E-state index in [-0.39, 0.29) is 17.4 Å². The van der Waals surface area contributed by atoms with Gasteiger partial charge in [0.05, 0.1) is 28.8 Å². The molecular formula is C15H19FN2O3S. The maximum Gasteiger partial charge on any atom is 0.231 e. The molecule has 1 fully saturated rings. The fourth-order valence-electron chi connectivity index (χ4n) is 3.18. The second-order valence-corrected chi connectivity index (χ2v) is 8.23. The third-order valence-electron chi connectivity index (χ3n) is 4.36. The number of rotatable bonds is 1. The van der Waals surface area contributed by atoms with Crippen molar-refractivity contribution in [1.82, 2.24) is 0 Å². The van der Waals surface area contributed by atoms with Crippen LogP contribution in [0.2, 0.25) is 0 Å². The molecule has 2 aliphatic rings. The van der Waals surface area contributed by atoms with Gasteiger partial charge in [-0.3, -0.25) is 4.79 Å². The number of anilines is 2. The number of amides is 1. The highest BCUT2D eigenvalue weighted by Gasteiger charge is 2.37. The summed E-state index contributed by atoms with van der Waals surface area (Å²) in [4.78, 5) is 16.3. The van der Waals surface area contributed by atoms with E-state index in [0.29, 0.717) is 18.7 Å². The van der Waals surface area contributed by atoms with Crippen molar-refractivity contribution in [3.8, 4) is 0 Å². The summed E-state index contributed by atoms with van der Waals surface area (Å²) in [5.41, 5.74) is 1.34. The van der Waals surface area contributed by atoms with Gasteiger partial charge in [-0.25, -0.2) is 12.8 Å². The van der Waals surface area contributed by atoms with Crippen molar-refractivity contribution in [1.29, 1.82) is 0 Å². The summed E-state index contributed by atoms with van der Waals surface area (Å²) in [5.74, 6) is -1.14. The monoisotopic (exact) mass is 326 g/mol. The molecule has 1 aromatic rings. The lowest BCUT2D eigenvalue weighted by Crippen LogP contribution is -2.37. The molecular weight excluding hydrogens is 307 g/mol. The summed E-state index contributed by atoms with van der Waals surface area (Å²) in [7, 11) is -1.21. The number of carbonyl (C=O) groups excluding carboxylic acids is 1. The molecule has 3 rings (SSSR count). The first-order chi connectivity index (χ1) is 10.4. The van der Waals surface area contributed by atoms with Gasteiger partial charge in [0.25, 0.3) is 0 Å². The highest BCUT2D eigenvalue weighted by molar-refractivity contribution is 7.91. The van der Waals surface area contributed by atoms with Gasteiger partial charge in [-0.15, -0.1) is 0 Å². The van der Waals surface area contributed by atoms with Crippen molar-refractivity contribution in [2.24, 2.45) is 5.92 Å². The number of benzene rings is 1. The van der Waals surface area contributed by atoms with Crippen molar-refractivity contribution in [2.75, 3.05) is 41.4 Å². The van der Waals surface area contributed by atoms with Crippen LogP contribution in [-0.4, -0.2) is 46.0 Å². The average molecular weight is 326 g/mol. The zero-order chi connectivity index (χ0) is 15.9. The third-order valence-corrected chi connectivity index (χ3v) is 6.13. The van der Waals surface area contributed by atoms with E-state index in [9.17, 15) is 17.6 Å². The van der Waals surface area contributed by atoms with Crippen LogP contribution >= 0.6 is 0 Å². The smallest absolute Gasteiger partial charge is 0.231 e. The third kappa shape index (κ3) is 2.82. The fourth-order valence-corrected chi connectivity index (χ4v) is 4.91. The van der Waals surface area contributed by atoms with Crippen LogP contribution in [0, 0.1) is 11.7 Å². The van der Waals surface area contributed by atoms with Crippen LogP contribution in [0.25, 0.3) is 0 Å². The molecule has 120 valence electrons. The van der Waals surface area contributed by atoms with Crippen LogP contribution in [0.5, 0.6) is 0 Å². The summed E-state index contributed by atoms with van der Waals surface area (Å²) >= 11 is 0. The molecule has 0 aliphatic carbocycles. The van der Waals surface area contributed by atoms with E-state index in [1.807, 2.05) is 11.9 Å². The van der Waals surface area contributed by atoms with Crippen molar-refractivity contribution in [3.05, 3.63) is 24.0 Å². The largest absolute Gasteiger partial charge is 0.373 e. The Labute approximate surface area is 129 Å². The number of hydrogen-bond donors (Lipinski definition) is 0. The van der Waals surface area contributed by atoms with Crippen molar-refractivity contribution >= 4 is 27.1 Å². The Morgan fingerprint density at radius 2 is 2.05 bits per heavy atom. The molecule has 2 heterocycles. The van der Waals surface area contributed by atoms with E-state index in [1.165, 1.54) is 12.1 Å². The Bertz CT molecular complexity index is 705. The molecule has 0 bridgehead atoms. The van der Waals surface area contributed by atoms with Crippen molar-refractivity contribution in [2.45, 2.75) is 12.8 Å². The topological polar surface area (TPSA) is 57.7 Å². The van der Waals surface area contributed by atoms with Crippen molar-refractivity contribution < 1.29 is 17.6 Å². The van der Waals surface area contributed by atoms with Crippen LogP contribution in [0.3, 0.4) is 0 Å². The molecule has 2 aliphatic heterocycles. The Kier molecular flexibility index (Phi) is 3.84. The maximum absolute atomic E-state index is 13.6. The summed E-state index contributed by atoms with van der Waals surface area (Å²) < 4.78 is 36.9. The molecule has 5 nitrogen and oxygen atoms in total. The minimum Gasteiger partial charge on any atom is -0.373 e. The maximum atomic E-state index is 13.6. The molecule has 1 atom stereocenters. The number of halogens is 1. The van der Waals surface area contributed by atoms with E-state index < -0.39 is 21.6 Å². The SMILES string of the molecule is CN1CCCN(C(=O)[C@H]2CCS(=O)(=O)C2)c2cc(F)ccc21. The number of carbonyl (C=O) groups is 1. The van der Waals surface area contributed by atoms with Gasteiger partial charge in [-0.05, 0) is 31.0 Å². The van der Waals surface area contributed by atoms with Crippen molar-refractivity contribution in [3.63, 3.8) is 0 Å². The van der Waals surface area contributed by atoms with E-state index in [0.717, 1.165) is 18.7 Å². The van der Waals surface area contributed by atoms with Crippen LogP contribution < -0.4 is 9.80 Å². The lowest BCUT2D eigenvalue weighted by molar-refractivity contribution is -0.121. The zero-order valence-corrected chi connectivity index (χ0v) is 13.3.